The zero-order valence-electron chi connectivity index (χ0n) is 9.36. The lowest BCUT2D eigenvalue weighted by molar-refractivity contribution is 0.572. The normalized spacial score (nSPS) is 19.4. The first kappa shape index (κ1) is 10.1. The van der Waals surface area contributed by atoms with Gasteiger partial charge in [0.05, 0.1) is 6.04 Å². The van der Waals surface area contributed by atoms with Gasteiger partial charge in [-0.2, -0.15) is 0 Å². The average Bonchev–Trinajstić information content (AvgIpc) is 2.77. The molecule has 0 radical (unpaired) electrons. The summed E-state index contributed by atoms with van der Waals surface area (Å²) in [6, 6.07) is 11.3. The topological polar surface area (TPSA) is 12.0 Å². The summed E-state index contributed by atoms with van der Waals surface area (Å²) in [5.74, 6) is 0. The number of fused-ring (bicyclic) bond motifs is 1. The van der Waals surface area contributed by atoms with E-state index in [4.69, 9.17) is 0 Å². The van der Waals surface area contributed by atoms with E-state index >= 15 is 0 Å². The van der Waals surface area contributed by atoms with Crippen LogP contribution in [-0.2, 0) is 6.42 Å². The Labute approximate surface area is 100 Å². The molecule has 0 saturated heterocycles. The van der Waals surface area contributed by atoms with Crippen LogP contribution in [0.1, 0.15) is 27.6 Å². The van der Waals surface area contributed by atoms with Crippen molar-refractivity contribution in [3.8, 4) is 0 Å². The standard InChI is InChI=1S/C14H15NS/c1-10-4-2-3-5-11(10)14-12-7-9-16-13(12)6-8-15-14/h2-5,7,9,14-15H,6,8H2,1H3/t14-/m0/s1. The largest absolute Gasteiger partial charge is 0.306 e. The maximum Gasteiger partial charge on any atom is 0.0590 e. The lowest BCUT2D eigenvalue weighted by Gasteiger charge is -2.26. The van der Waals surface area contributed by atoms with Crippen molar-refractivity contribution < 1.29 is 0 Å². The molecule has 1 aliphatic rings. The van der Waals surface area contributed by atoms with Gasteiger partial charge in [0, 0.05) is 11.4 Å². The van der Waals surface area contributed by atoms with Gasteiger partial charge in [0.25, 0.3) is 0 Å². The zero-order chi connectivity index (χ0) is 11.0. The Hall–Kier alpha value is -1.12. The van der Waals surface area contributed by atoms with E-state index in [0.29, 0.717) is 6.04 Å². The van der Waals surface area contributed by atoms with Crippen molar-refractivity contribution in [2.45, 2.75) is 19.4 Å². The molecule has 1 nitrogen and oxygen atoms in total. The van der Waals surface area contributed by atoms with E-state index in [1.54, 1.807) is 4.88 Å². The molecule has 2 aromatic rings. The molecule has 2 heterocycles. The van der Waals surface area contributed by atoms with E-state index in [2.05, 4.69) is 48.0 Å². The van der Waals surface area contributed by atoms with Crippen LogP contribution in [0.5, 0.6) is 0 Å². The van der Waals surface area contributed by atoms with E-state index in [1.165, 1.54) is 23.1 Å². The molecule has 2 heteroatoms. The molecular weight excluding hydrogens is 214 g/mol. The maximum absolute atomic E-state index is 3.63. The Balaban J connectivity index is 2.08. The second kappa shape index (κ2) is 4.04. The summed E-state index contributed by atoms with van der Waals surface area (Å²) in [7, 11) is 0. The average molecular weight is 229 g/mol. The van der Waals surface area contributed by atoms with Crippen molar-refractivity contribution in [2.75, 3.05) is 6.54 Å². The summed E-state index contributed by atoms with van der Waals surface area (Å²) in [6.07, 6.45) is 1.18. The molecule has 1 atom stereocenters. The van der Waals surface area contributed by atoms with Crippen LogP contribution in [0.2, 0.25) is 0 Å². The number of aryl methyl sites for hydroxylation is 1. The first-order valence-electron chi connectivity index (χ1n) is 5.71. The molecule has 0 fully saturated rings. The lowest BCUT2D eigenvalue weighted by atomic mass is 9.92. The minimum absolute atomic E-state index is 0.399. The fourth-order valence-electron chi connectivity index (χ4n) is 2.44. The fraction of sp³-hybridized carbons (Fsp3) is 0.286. The predicted molar refractivity (Wildman–Crippen MR) is 69.0 cm³/mol. The number of rotatable bonds is 1. The maximum atomic E-state index is 3.63. The molecule has 0 aliphatic carbocycles. The van der Waals surface area contributed by atoms with Crippen molar-refractivity contribution in [2.24, 2.45) is 0 Å². The van der Waals surface area contributed by atoms with Crippen LogP contribution in [0.25, 0.3) is 0 Å². The zero-order valence-corrected chi connectivity index (χ0v) is 10.2. The van der Waals surface area contributed by atoms with Gasteiger partial charge in [-0.25, -0.2) is 0 Å². The third kappa shape index (κ3) is 1.58. The van der Waals surface area contributed by atoms with Crippen LogP contribution in [0.4, 0.5) is 0 Å². The molecule has 3 rings (SSSR count). The molecule has 82 valence electrons. The number of benzene rings is 1. The molecular formula is C14H15NS. The Bertz CT molecular complexity index is 501. The molecule has 16 heavy (non-hydrogen) atoms. The number of hydrogen-bond acceptors (Lipinski definition) is 2. The third-order valence-corrected chi connectivity index (χ3v) is 4.29. The second-order valence-electron chi connectivity index (χ2n) is 4.29. The van der Waals surface area contributed by atoms with Crippen LogP contribution in [0, 0.1) is 6.92 Å². The quantitative estimate of drug-likeness (QED) is 0.791. The van der Waals surface area contributed by atoms with Crippen molar-refractivity contribution in [1.82, 2.24) is 5.32 Å². The number of thiophene rings is 1. The van der Waals surface area contributed by atoms with Gasteiger partial charge >= 0.3 is 0 Å². The molecule has 0 unspecified atom stereocenters. The Morgan fingerprint density at radius 3 is 2.94 bits per heavy atom. The van der Waals surface area contributed by atoms with E-state index in [9.17, 15) is 0 Å². The Morgan fingerprint density at radius 1 is 1.19 bits per heavy atom. The first-order chi connectivity index (χ1) is 7.86. The van der Waals surface area contributed by atoms with Gasteiger partial charge in [0.1, 0.15) is 0 Å². The molecule has 1 aromatic carbocycles. The van der Waals surface area contributed by atoms with E-state index in [-0.39, 0.29) is 0 Å². The smallest absolute Gasteiger partial charge is 0.0590 e. The predicted octanol–water partition coefficient (Wildman–Crippen LogP) is 3.29. The summed E-state index contributed by atoms with van der Waals surface area (Å²) in [5, 5.41) is 5.84. The van der Waals surface area contributed by atoms with Gasteiger partial charge in [-0.15, -0.1) is 11.3 Å². The first-order valence-corrected chi connectivity index (χ1v) is 6.59. The highest BCUT2D eigenvalue weighted by Gasteiger charge is 2.22. The highest BCUT2D eigenvalue weighted by Crippen LogP contribution is 2.33. The summed E-state index contributed by atoms with van der Waals surface area (Å²) < 4.78 is 0. The third-order valence-electron chi connectivity index (χ3n) is 3.29. The lowest BCUT2D eigenvalue weighted by Crippen LogP contribution is -2.29. The van der Waals surface area contributed by atoms with Crippen molar-refractivity contribution in [3.05, 3.63) is 57.3 Å². The molecule has 1 aromatic heterocycles. The van der Waals surface area contributed by atoms with E-state index in [1.807, 2.05) is 11.3 Å². The monoisotopic (exact) mass is 229 g/mol. The summed E-state index contributed by atoms with van der Waals surface area (Å²) in [6.45, 7) is 3.28. The van der Waals surface area contributed by atoms with Crippen molar-refractivity contribution in [3.63, 3.8) is 0 Å². The van der Waals surface area contributed by atoms with E-state index < -0.39 is 0 Å². The Kier molecular flexibility index (Phi) is 2.54. The Morgan fingerprint density at radius 2 is 2.06 bits per heavy atom. The molecule has 0 amide bonds. The van der Waals surface area contributed by atoms with Gasteiger partial charge in [0.2, 0.25) is 0 Å². The fourth-order valence-corrected chi connectivity index (χ4v) is 3.36. The molecule has 1 aliphatic heterocycles. The molecule has 1 N–H and O–H groups in total. The summed E-state index contributed by atoms with van der Waals surface area (Å²) in [4.78, 5) is 1.55. The summed E-state index contributed by atoms with van der Waals surface area (Å²) >= 11 is 1.89. The van der Waals surface area contributed by atoms with Gasteiger partial charge in [-0.3, -0.25) is 0 Å². The van der Waals surface area contributed by atoms with Gasteiger partial charge in [0.15, 0.2) is 0 Å². The van der Waals surface area contributed by atoms with Crippen molar-refractivity contribution >= 4 is 11.3 Å². The van der Waals surface area contributed by atoms with Crippen LogP contribution < -0.4 is 5.32 Å². The number of hydrogen-bond donors (Lipinski definition) is 1. The van der Waals surface area contributed by atoms with Crippen LogP contribution in [-0.4, -0.2) is 6.54 Å². The van der Waals surface area contributed by atoms with Crippen LogP contribution in [0.15, 0.2) is 35.7 Å². The van der Waals surface area contributed by atoms with Gasteiger partial charge in [-0.1, -0.05) is 24.3 Å². The minimum Gasteiger partial charge on any atom is -0.306 e. The van der Waals surface area contributed by atoms with Crippen LogP contribution in [0.3, 0.4) is 0 Å². The SMILES string of the molecule is Cc1ccccc1[C@@H]1NCCc2sccc21. The van der Waals surface area contributed by atoms with Crippen molar-refractivity contribution in [1.29, 1.82) is 0 Å². The van der Waals surface area contributed by atoms with E-state index in [0.717, 1.165) is 6.54 Å². The highest BCUT2D eigenvalue weighted by molar-refractivity contribution is 7.10. The van der Waals surface area contributed by atoms with Gasteiger partial charge < -0.3 is 5.32 Å². The molecule has 0 bridgehead atoms. The van der Waals surface area contributed by atoms with Crippen LogP contribution >= 0.6 is 11.3 Å². The summed E-state index contributed by atoms with van der Waals surface area (Å²) in [5.41, 5.74) is 4.27. The highest BCUT2D eigenvalue weighted by atomic mass is 32.1. The molecule has 0 saturated carbocycles. The molecule has 0 spiro atoms. The van der Waals surface area contributed by atoms with Gasteiger partial charge in [-0.05, 0) is 41.5 Å². The second-order valence-corrected chi connectivity index (χ2v) is 5.29. The minimum atomic E-state index is 0.399. The number of nitrogens with one attached hydrogen (secondary N) is 1.